The molecule has 0 spiro atoms. The van der Waals surface area contributed by atoms with Crippen molar-refractivity contribution < 1.29 is 9.53 Å². The van der Waals surface area contributed by atoms with Gasteiger partial charge in [0.2, 0.25) is 11.9 Å². The van der Waals surface area contributed by atoms with Crippen molar-refractivity contribution in [3.63, 3.8) is 0 Å². The number of amides is 1. The van der Waals surface area contributed by atoms with E-state index in [1.54, 1.807) is 0 Å². The lowest BCUT2D eigenvalue weighted by molar-refractivity contribution is -0.126. The van der Waals surface area contributed by atoms with Crippen LogP contribution in [0.5, 0.6) is 0 Å². The summed E-state index contributed by atoms with van der Waals surface area (Å²) in [5, 5.41) is 3.89. The Labute approximate surface area is 193 Å². The number of fused-ring (bicyclic) bond motifs is 1. The number of piperidine rings is 1. The van der Waals surface area contributed by atoms with Gasteiger partial charge in [-0.2, -0.15) is 0 Å². The van der Waals surface area contributed by atoms with E-state index >= 15 is 0 Å². The van der Waals surface area contributed by atoms with Crippen LogP contribution in [-0.2, 0) is 9.53 Å². The summed E-state index contributed by atoms with van der Waals surface area (Å²) in [6.45, 7) is 7.07. The lowest BCUT2D eigenvalue weighted by Gasteiger charge is -2.32. The molecule has 1 aromatic heterocycles. The summed E-state index contributed by atoms with van der Waals surface area (Å²) in [5.41, 5.74) is 5.27. The highest BCUT2D eigenvalue weighted by atomic mass is 35.5. The maximum absolute atomic E-state index is 12.7. The average molecular weight is 453 g/mol. The number of aromatic nitrogens is 2. The molecule has 5 rings (SSSR count). The Kier molecular flexibility index (Phi) is 5.82. The number of hydrogen-bond donors (Lipinski definition) is 1. The molecule has 1 amide bonds. The first kappa shape index (κ1) is 21.3. The summed E-state index contributed by atoms with van der Waals surface area (Å²) in [7, 11) is 0. The summed E-state index contributed by atoms with van der Waals surface area (Å²) in [6, 6.07) is 12.7. The van der Waals surface area contributed by atoms with Gasteiger partial charge in [-0.1, -0.05) is 29.3 Å². The second-order valence-corrected chi connectivity index (χ2v) is 9.41. The zero-order valence-electron chi connectivity index (χ0n) is 18.6. The molecular weight excluding hydrogens is 424 g/mol. The van der Waals surface area contributed by atoms with Gasteiger partial charge < -0.3 is 15.0 Å². The van der Waals surface area contributed by atoms with E-state index in [0.29, 0.717) is 6.61 Å². The van der Waals surface area contributed by atoms with E-state index in [9.17, 15) is 4.79 Å². The molecule has 3 heterocycles. The monoisotopic (exact) mass is 452 g/mol. The summed E-state index contributed by atoms with van der Waals surface area (Å²) >= 11 is 6.41. The van der Waals surface area contributed by atoms with Crippen molar-refractivity contribution in [1.29, 1.82) is 0 Å². The molecule has 2 aliphatic heterocycles. The normalized spacial score (nSPS) is 19.6. The zero-order chi connectivity index (χ0) is 22.2. The van der Waals surface area contributed by atoms with Crippen molar-refractivity contribution >= 4 is 34.5 Å². The van der Waals surface area contributed by atoms with Crippen LogP contribution in [0.3, 0.4) is 0 Å². The van der Waals surface area contributed by atoms with E-state index in [-0.39, 0.29) is 17.9 Å². The molecule has 0 saturated carbocycles. The third-order valence-corrected chi connectivity index (χ3v) is 7.04. The number of ether oxygens (including phenoxy) is 1. The fraction of sp³-hybridized carbons (Fsp3) is 0.440. The van der Waals surface area contributed by atoms with Gasteiger partial charge in [0.05, 0.1) is 23.7 Å². The van der Waals surface area contributed by atoms with Gasteiger partial charge in [-0.3, -0.25) is 9.36 Å². The summed E-state index contributed by atoms with van der Waals surface area (Å²) in [6.07, 6.45) is 2.54. The molecule has 2 aliphatic rings. The molecule has 2 fully saturated rings. The fourth-order valence-corrected chi connectivity index (χ4v) is 4.82. The van der Waals surface area contributed by atoms with Gasteiger partial charge in [0.1, 0.15) is 0 Å². The van der Waals surface area contributed by atoms with Crippen LogP contribution in [0.1, 0.15) is 30.4 Å². The number of nitrogens with one attached hydrogen (secondary N) is 1. The standard InChI is InChI=1S/C25H29ClN4O2/c1-16-3-5-20(6-4-16)30-23-13-17(2)21(26)14-22(23)28-25(30)29-10-7-18(8-11-29)24(31)27-19-9-12-32-15-19/h3-6,13-14,18-19H,7-12,15H2,1-2H3,(H,27,31). The second-order valence-electron chi connectivity index (χ2n) is 9.00. The van der Waals surface area contributed by atoms with E-state index < -0.39 is 0 Å². The van der Waals surface area contributed by atoms with Crippen molar-refractivity contribution in [3.8, 4) is 5.69 Å². The van der Waals surface area contributed by atoms with E-state index in [1.165, 1.54) is 5.56 Å². The molecule has 0 aliphatic carbocycles. The largest absolute Gasteiger partial charge is 0.379 e. The number of rotatable bonds is 4. The molecule has 7 heteroatoms. The molecule has 168 valence electrons. The molecule has 3 aromatic rings. The molecule has 1 atom stereocenters. The minimum Gasteiger partial charge on any atom is -0.379 e. The van der Waals surface area contributed by atoms with Gasteiger partial charge in [0.15, 0.2) is 0 Å². The lowest BCUT2D eigenvalue weighted by Crippen LogP contribution is -2.44. The zero-order valence-corrected chi connectivity index (χ0v) is 19.4. The van der Waals surface area contributed by atoms with Crippen LogP contribution in [0, 0.1) is 19.8 Å². The number of carbonyl (C=O) groups is 1. The average Bonchev–Trinajstić information content (AvgIpc) is 3.43. The van der Waals surface area contributed by atoms with Crippen LogP contribution in [0.25, 0.3) is 16.7 Å². The third kappa shape index (κ3) is 4.09. The number of halogens is 1. The van der Waals surface area contributed by atoms with Crippen molar-refractivity contribution in [2.24, 2.45) is 5.92 Å². The number of hydrogen-bond acceptors (Lipinski definition) is 4. The molecule has 0 radical (unpaired) electrons. The molecule has 32 heavy (non-hydrogen) atoms. The molecule has 1 N–H and O–H groups in total. The minimum atomic E-state index is 0.0424. The highest BCUT2D eigenvalue weighted by molar-refractivity contribution is 6.32. The van der Waals surface area contributed by atoms with E-state index in [2.05, 4.69) is 52.0 Å². The maximum Gasteiger partial charge on any atom is 0.223 e. The van der Waals surface area contributed by atoms with Crippen LogP contribution in [0.15, 0.2) is 36.4 Å². The van der Waals surface area contributed by atoms with E-state index in [0.717, 1.165) is 72.2 Å². The van der Waals surface area contributed by atoms with Crippen molar-refractivity contribution in [2.75, 3.05) is 31.2 Å². The van der Waals surface area contributed by atoms with Gasteiger partial charge in [0.25, 0.3) is 0 Å². The third-order valence-electron chi connectivity index (χ3n) is 6.63. The molecule has 6 nitrogen and oxygen atoms in total. The fourth-order valence-electron chi connectivity index (χ4n) is 4.66. The summed E-state index contributed by atoms with van der Waals surface area (Å²) in [4.78, 5) is 20.0. The van der Waals surface area contributed by atoms with Gasteiger partial charge in [0, 0.05) is 36.3 Å². The van der Waals surface area contributed by atoms with Gasteiger partial charge >= 0.3 is 0 Å². The van der Waals surface area contributed by atoms with Gasteiger partial charge in [-0.15, -0.1) is 0 Å². The van der Waals surface area contributed by atoms with Crippen LogP contribution >= 0.6 is 11.6 Å². The predicted octanol–water partition coefficient (Wildman–Crippen LogP) is 4.42. The first-order chi connectivity index (χ1) is 15.5. The topological polar surface area (TPSA) is 59.4 Å². The summed E-state index contributed by atoms with van der Waals surface area (Å²) in [5.74, 6) is 1.11. The molecule has 2 saturated heterocycles. The smallest absolute Gasteiger partial charge is 0.223 e. The Morgan fingerprint density at radius 3 is 2.56 bits per heavy atom. The predicted molar refractivity (Wildman–Crippen MR) is 128 cm³/mol. The first-order valence-electron chi connectivity index (χ1n) is 11.4. The molecular formula is C25H29ClN4O2. The summed E-state index contributed by atoms with van der Waals surface area (Å²) < 4.78 is 7.60. The van der Waals surface area contributed by atoms with E-state index in [1.807, 2.05) is 13.0 Å². The first-order valence-corrected chi connectivity index (χ1v) is 11.8. The van der Waals surface area contributed by atoms with Crippen LogP contribution in [-0.4, -0.2) is 47.8 Å². The Morgan fingerprint density at radius 2 is 1.88 bits per heavy atom. The van der Waals surface area contributed by atoms with Gasteiger partial charge in [-0.05, 0) is 62.9 Å². The number of imidazole rings is 1. The second kappa shape index (κ2) is 8.75. The number of anilines is 1. The van der Waals surface area contributed by atoms with E-state index in [4.69, 9.17) is 21.3 Å². The molecule has 0 bridgehead atoms. The Morgan fingerprint density at radius 1 is 1.12 bits per heavy atom. The van der Waals surface area contributed by atoms with Crippen LogP contribution < -0.4 is 10.2 Å². The van der Waals surface area contributed by atoms with Crippen LogP contribution in [0.4, 0.5) is 5.95 Å². The Balaban J connectivity index is 1.42. The maximum atomic E-state index is 12.7. The quantitative estimate of drug-likeness (QED) is 0.636. The lowest BCUT2D eigenvalue weighted by atomic mass is 9.95. The highest BCUT2D eigenvalue weighted by Gasteiger charge is 2.30. The highest BCUT2D eigenvalue weighted by Crippen LogP contribution is 2.33. The van der Waals surface area contributed by atoms with Crippen LogP contribution in [0.2, 0.25) is 5.02 Å². The number of nitrogens with zero attached hydrogens (tertiary/aromatic N) is 3. The number of carbonyl (C=O) groups excluding carboxylic acids is 1. The SMILES string of the molecule is Cc1ccc(-n2c(N3CCC(C(=O)NC4CCOC4)CC3)nc3cc(Cl)c(C)cc32)cc1. The van der Waals surface area contributed by atoms with Gasteiger partial charge in [-0.25, -0.2) is 4.98 Å². The Bertz CT molecular complexity index is 1130. The van der Waals surface area contributed by atoms with Crippen molar-refractivity contribution in [1.82, 2.24) is 14.9 Å². The Hall–Kier alpha value is -2.57. The van der Waals surface area contributed by atoms with Crippen molar-refractivity contribution in [2.45, 2.75) is 39.2 Å². The molecule has 2 aromatic carbocycles. The molecule has 1 unspecified atom stereocenters. The van der Waals surface area contributed by atoms with Crippen molar-refractivity contribution in [3.05, 3.63) is 52.5 Å². The number of benzene rings is 2. The minimum absolute atomic E-state index is 0.0424. The number of aryl methyl sites for hydroxylation is 2.